The maximum atomic E-state index is 12.4. The van der Waals surface area contributed by atoms with Crippen molar-refractivity contribution in [2.45, 2.75) is 19.9 Å². The molecule has 0 fully saturated rings. The highest BCUT2D eigenvalue weighted by Crippen LogP contribution is 2.37. The number of aliphatic carboxylic acids is 1. The van der Waals surface area contributed by atoms with E-state index in [0.29, 0.717) is 0 Å². The molecule has 9 nitrogen and oxygen atoms in total. The third kappa shape index (κ3) is 4.09. The molecule has 1 aliphatic carbocycles. The van der Waals surface area contributed by atoms with Crippen LogP contribution in [0.3, 0.4) is 0 Å². The quantitative estimate of drug-likeness (QED) is 0.436. The van der Waals surface area contributed by atoms with Crippen LogP contribution in [0, 0.1) is 5.92 Å². The Morgan fingerprint density at radius 1 is 0.897 bits per heavy atom. The van der Waals surface area contributed by atoms with Gasteiger partial charge in [0.15, 0.2) is 5.78 Å². The van der Waals surface area contributed by atoms with Crippen LogP contribution in [0.2, 0.25) is 0 Å². The number of phenolic OH excluding ortho intramolecular Hbond substituents is 2. The van der Waals surface area contributed by atoms with E-state index in [1.165, 1.54) is 18.2 Å². The fraction of sp³-hybridized carbons (Fsp3) is 0.200. The minimum atomic E-state index is -1.32. The van der Waals surface area contributed by atoms with Gasteiger partial charge < -0.3 is 26.2 Å². The number of carboxylic acids is 2. The van der Waals surface area contributed by atoms with Gasteiger partial charge in [0.05, 0.1) is 16.7 Å². The molecule has 29 heavy (non-hydrogen) atoms. The molecule has 0 saturated carbocycles. The minimum Gasteiger partial charge on any atom is -0.507 e. The number of nitrogens with two attached hydrogens (primary N) is 1. The van der Waals surface area contributed by atoms with Gasteiger partial charge in [0.2, 0.25) is 5.78 Å². The Bertz CT molecular complexity index is 1030. The number of rotatable bonds is 3. The summed E-state index contributed by atoms with van der Waals surface area (Å²) in [7, 11) is 0. The Kier molecular flexibility index (Phi) is 6.03. The second kappa shape index (κ2) is 8.11. The van der Waals surface area contributed by atoms with Gasteiger partial charge in [0.1, 0.15) is 17.5 Å². The molecular weight excluding hydrogens is 382 g/mol. The van der Waals surface area contributed by atoms with Gasteiger partial charge in [-0.15, -0.1) is 0 Å². The largest absolute Gasteiger partial charge is 0.507 e. The molecular formula is C20H19NO8. The van der Waals surface area contributed by atoms with E-state index in [4.69, 9.17) is 15.9 Å². The predicted octanol–water partition coefficient (Wildman–Crippen LogP) is 1.63. The van der Waals surface area contributed by atoms with Crippen LogP contribution in [0.5, 0.6) is 11.5 Å². The first kappa shape index (κ1) is 21.6. The van der Waals surface area contributed by atoms with Gasteiger partial charge in [-0.1, -0.05) is 26.0 Å². The first-order valence-electron chi connectivity index (χ1n) is 8.47. The second-order valence-corrected chi connectivity index (χ2v) is 6.69. The number of carbonyl (C=O) groups is 4. The van der Waals surface area contributed by atoms with Crippen LogP contribution >= 0.6 is 0 Å². The first-order chi connectivity index (χ1) is 13.5. The van der Waals surface area contributed by atoms with E-state index in [9.17, 15) is 29.4 Å². The molecule has 0 spiro atoms. The molecule has 0 radical (unpaired) electrons. The number of ketones is 2. The summed E-state index contributed by atoms with van der Waals surface area (Å²) in [6.07, 6.45) is 0. The number of carboxylic acid groups (broad SMARTS) is 2. The van der Waals surface area contributed by atoms with Crippen molar-refractivity contribution < 1.29 is 39.6 Å². The number of phenols is 2. The summed E-state index contributed by atoms with van der Waals surface area (Å²) < 4.78 is 0. The lowest BCUT2D eigenvalue weighted by atomic mass is 9.82. The van der Waals surface area contributed by atoms with Gasteiger partial charge in [-0.25, -0.2) is 4.79 Å². The molecule has 2 aromatic carbocycles. The van der Waals surface area contributed by atoms with E-state index >= 15 is 0 Å². The summed E-state index contributed by atoms with van der Waals surface area (Å²) >= 11 is 0. The predicted molar refractivity (Wildman–Crippen MR) is 100 cm³/mol. The van der Waals surface area contributed by atoms with Crippen molar-refractivity contribution in [3.05, 3.63) is 58.1 Å². The highest BCUT2D eigenvalue weighted by Gasteiger charge is 2.34. The Hall–Kier alpha value is -3.72. The van der Waals surface area contributed by atoms with Crippen LogP contribution in [0.25, 0.3) is 0 Å². The van der Waals surface area contributed by atoms with Crippen LogP contribution < -0.4 is 5.73 Å². The smallest absolute Gasteiger partial charge is 0.335 e. The fourth-order valence-electron chi connectivity index (χ4n) is 2.69. The standard InChI is InChI=1S/C15H8O6.C5H11NO2/c16-9-3-1-2-7-11(9)14(19)12-8(13(7)18)4-6(15(20)21)5-10(12)17;1-3(2)4(6)5(7)8/h1-5,16-17H,(H,20,21);3-4H,6H2,1-2H3,(H,7,8)/t;4-/m.0/s1. The van der Waals surface area contributed by atoms with Crippen molar-refractivity contribution in [3.8, 4) is 11.5 Å². The third-order valence-corrected chi connectivity index (χ3v) is 4.35. The van der Waals surface area contributed by atoms with Crippen LogP contribution in [0.1, 0.15) is 56.0 Å². The summed E-state index contributed by atoms with van der Waals surface area (Å²) in [4.78, 5) is 45.7. The molecule has 2 aromatic rings. The lowest BCUT2D eigenvalue weighted by molar-refractivity contribution is -0.139. The van der Waals surface area contributed by atoms with Crippen molar-refractivity contribution >= 4 is 23.5 Å². The molecule has 6 N–H and O–H groups in total. The summed E-state index contributed by atoms with van der Waals surface area (Å²) in [5.74, 6) is -4.53. The maximum absolute atomic E-state index is 12.4. The summed E-state index contributed by atoms with van der Waals surface area (Å²) in [6.45, 7) is 3.55. The number of benzene rings is 2. The zero-order valence-corrected chi connectivity index (χ0v) is 15.5. The Balaban J connectivity index is 0.000000321. The monoisotopic (exact) mass is 401 g/mol. The number of aromatic carboxylic acids is 1. The van der Waals surface area contributed by atoms with Crippen LogP contribution in [0.15, 0.2) is 30.3 Å². The van der Waals surface area contributed by atoms with E-state index in [1.54, 1.807) is 13.8 Å². The van der Waals surface area contributed by atoms with E-state index in [0.717, 1.165) is 12.1 Å². The molecule has 0 aliphatic heterocycles. The van der Waals surface area contributed by atoms with E-state index < -0.39 is 35.3 Å². The summed E-state index contributed by atoms with van der Waals surface area (Å²) in [6, 6.07) is 5.27. The van der Waals surface area contributed by atoms with Gasteiger partial charge in [-0.3, -0.25) is 14.4 Å². The zero-order chi connectivity index (χ0) is 22.0. The van der Waals surface area contributed by atoms with E-state index in [2.05, 4.69) is 0 Å². The number of hydrogen-bond acceptors (Lipinski definition) is 7. The molecule has 9 heteroatoms. The van der Waals surface area contributed by atoms with Crippen molar-refractivity contribution in [3.63, 3.8) is 0 Å². The fourth-order valence-corrected chi connectivity index (χ4v) is 2.69. The number of aromatic hydroxyl groups is 2. The highest BCUT2D eigenvalue weighted by atomic mass is 16.4. The molecule has 0 unspecified atom stereocenters. The van der Waals surface area contributed by atoms with Crippen molar-refractivity contribution in [2.75, 3.05) is 0 Å². The topological polar surface area (TPSA) is 175 Å². The van der Waals surface area contributed by atoms with Gasteiger partial charge in [-0.2, -0.15) is 0 Å². The van der Waals surface area contributed by atoms with E-state index in [1.807, 2.05) is 0 Å². The van der Waals surface area contributed by atoms with E-state index in [-0.39, 0.29) is 39.5 Å². The molecule has 0 heterocycles. The molecule has 152 valence electrons. The first-order valence-corrected chi connectivity index (χ1v) is 8.47. The molecule has 3 rings (SSSR count). The summed E-state index contributed by atoms with van der Waals surface area (Å²) in [5.41, 5.74) is 4.18. The molecule has 1 atom stereocenters. The van der Waals surface area contributed by atoms with Crippen LogP contribution in [0.4, 0.5) is 0 Å². The lowest BCUT2D eigenvalue weighted by Gasteiger charge is -2.19. The van der Waals surface area contributed by atoms with Gasteiger partial charge in [0.25, 0.3) is 0 Å². The maximum Gasteiger partial charge on any atom is 0.335 e. The third-order valence-electron chi connectivity index (χ3n) is 4.35. The SMILES string of the molecule is CC(C)[C@H](N)C(=O)O.O=C(O)c1cc(O)c2c(c1)C(=O)c1cccc(O)c1C2=O. The van der Waals surface area contributed by atoms with Crippen molar-refractivity contribution in [1.29, 1.82) is 0 Å². The van der Waals surface area contributed by atoms with Gasteiger partial charge in [0, 0.05) is 11.1 Å². The Morgan fingerprint density at radius 2 is 1.48 bits per heavy atom. The Morgan fingerprint density at radius 3 is 1.97 bits per heavy atom. The Labute approximate surface area is 165 Å². The second-order valence-electron chi connectivity index (χ2n) is 6.69. The van der Waals surface area contributed by atoms with Crippen molar-refractivity contribution in [2.24, 2.45) is 11.7 Å². The minimum absolute atomic E-state index is 0.0190. The average Bonchev–Trinajstić information content (AvgIpc) is 2.64. The normalized spacial score (nSPS) is 13.1. The average molecular weight is 401 g/mol. The number of carbonyl (C=O) groups excluding carboxylic acids is 2. The lowest BCUT2D eigenvalue weighted by Crippen LogP contribution is -2.34. The number of hydrogen-bond donors (Lipinski definition) is 5. The van der Waals surface area contributed by atoms with Crippen molar-refractivity contribution in [1.82, 2.24) is 0 Å². The van der Waals surface area contributed by atoms with Crippen LogP contribution in [-0.4, -0.2) is 50.0 Å². The summed E-state index contributed by atoms with van der Waals surface area (Å²) in [5, 5.41) is 36.8. The van der Waals surface area contributed by atoms with Gasteiger partial charge in [-0.05, 0) is 24.1 Å². The number of fused-ring (bicyclic) bond motifs is 2. The molecule has 0 bridgehead atoms. The highest BCUT2D eigenvalue weighted by molar-refractivity contribution is 6.30. The molecule has 0 aromatic heterocycles. The van der Waals surface area contributed by atoms with Gasteiger partial charge >= 0.3 is 11.9 Å². The molecule has 0 saturated heterocycles. The zero-order valence-electron chi connectivity index (χ0n) is 15.5. The van der Waals surface area contributed by atoms with Crippen LogP contribution in [-0.2, 0) is 4.79 Å². The molecule has 1 aliphatic rings. The molecule has 0 amide bonds.